The number of halogens is 1. The van der Waals surface area contributed by atoms with Crippen LogP contribution in [0.2, 0.25) is 5.02 Å². The zero-order valence-corrected chi connectivity index (χ0v) is 16.3. The van der Waals surface area contributed by atoms with Crippen molar-refractivity contribution in [2.75, 3.05) is 6.61 Å². The number of ether oxygens (including phenoxy) is 1. The van der Waals surface area contributed by atoms with Gasteiger partial charge in [-0.15, -0.1) is 0 Å². The fourth-order valence-corrected chi connectivity index (χ4v) is 3.85. The summed E-state index contributed by atoms with van der Waals surface area (Å²) < 4.78 is 5.79. The molecule has 3 aromatic rings. The van der Waals surface area contributed by atoms with E-state index in [0.717, 1.165) is 5.56 Å². The lowest BCUT2D eigenvalue weighted by atomic mass is 9.98. The highest BCUT2D eigenvalue weighted by atomic mass is 35.5. The normalized spacial score (nSPS) is 15.8. The van der Waals surface area contributed by atoms with Gasteiger partial charge in [0.25, 0.3) is 5.91 Å². The number of nitrogens with two attached hydrogens (primary N) is 1. The lowest BCUT2D eigenvalue weighted by molar-refractivity contribution is -0.123. The number of amides is 2. The summed E-state index contributed by atoms with van der Waals surface area (Å²) in [6.45, 7) is 0.213. The van der Waals surface area contributed by atoms with Gasteiger partial charge in [-0.2, -0.15) is 0 Å². The van der Waals surface area contributed by atoms with Crippen molar-refractivity contribution in [3.8, 4) is 5.75 Å². The Labute approximate surface area is 173 Å². The number of nitrogens with zero attached hydrogens (tertiary/aromatic N) is 1. The predicted octanol–water partition coefficient (Wildman–Crippen LogP) is 4.14. The lowest BCUT2D eigenvalue weighted by Crippen LogP contribution is -2.44. The zero-order chi connectivity index (χ0) is 20.4. The minimum atomic E-state index is -0.956. The quantitative estimate of drug-likeness (QED) is 0.692. The van der Waals surface area contributed by atoms with Crippen LogP contribution in [-0.2, 0) is 4.79 Å². The fourth-order valence-electron chi connectivity index (χ4n) is 3.67. The number of rotatable bonds is 5. The second kappa shape index (κ2) is 7.97. The van der Waals surface area contributed by atoms with Gasteiger partial charge in [-0.05, 0) is 35.9 Å². The first-order valence-corrected chi connectivity index (χ1v) is 9.58. The Morgan fingerprint density at radius 1 is 1.00 bits per heavy atom. The highest BCUT2D eigenvalue weighted by Gasteiger charge is 2.40. The number of primary amides is 1. The van der Waals surface area contributed by atoms with Crippen LogP contribution in [0.1, 0.15) is 33.6 Å². The van der Waals surface area contributed by atoms with Crippen molar-refractivity contribution in [2.24, 2.45) is 5.73 Å². The Morgan fingerprint density at radius 3 is 2.31 bits per heavy atom. The summed E-state index contributed by atoms with van der Waals surface area (Å²) in [6, 6.07) is 21.7. The minimum absolute atomic E-state index is 0.213. The molecule has 3 aromatic carbocycles. The molecule has 1 aliphatic rings. The van der Waals surface area contributed by atoms with Crippen molar-refractivity contribution in [3.05, 3.63) is 101 Å². The van der Waals surface area contributed by atoms with Crippen LogP contribution in [-0.4, -0.2) is 23.3 Å². The highest BCUT2D eigenvalue weighted by molar-refractivity contribution is 6.30. The molecule has 146 valence electrons. The number of hydrogen-bond donors (Lipinski definition) is 1. The van der Waals surface area contributed by atoms with Gasteiger partial charge in [0.15, 0.2) is 0 Å². The molecule has 1 heterocycles. The fraction of sp³-hybridized carbons (Fsp3) is 0.130. The Morgan fingerprint density at radius 2 is 1.66 bits per heavy atom. The molecule has 2 atom stereocenters. The maximum atomic E-state index is 13.6. The van der Waals surface area contributed by atoms with Gasteiger partial charge in [-0.25, -0.2) is 0 Å². The molecule has 4 rings (SSSR count). The summed E-state index contributed by atoms with van der Waals surface area (Å²) in [5.41, 5.74) is 7.66. The molecule has 0 aromatic heterocycles. The summed E-state index contributed by atoms with van der Waals surface area (Å²) in [7, 11) is 0. The topological polar surface area (TPSA) is 72.6 Å². The van der Waals surface area contributed by atoms with Gasteiger partial charge in [0.05, 0.1) is 6.04 Å². The van der Waals surface area contributed by atoms with E-state index < -0.39 is 18.0 Å². The summed E-state index contributed by atoms with van der Waals surface area (Å²) >= 11 is 6.20. The van der Waals surface area contributed by atoms with Crippen LogP contribution in [0.3, 0.4) is 0 Å². The van der Waals surface area contributed by atoms with E-state index >= 15 is 0 Å². The number of fused-ring (bicyclic) bond motifs is 1. The molecule has 6 heteroatoms. The van der Waals surface area contributed by atoms with Gasteiger partial charge in [-0.3, -0.25) is 9.59 Å². The SMILES string of the molecule is NC(=O)[C@@H](c1ccccc1)N(C(=O)c1ccccc1)[C@@H]1COc2ccc(Cl)cc21. The third-order valence-corrected chi connectivity index (χ3v) is 5.22. The van der Waals surface area contributed by atoms with Crippen LogP contribution in [0.4, 0.5) is 0 Å². The van der Waals surface area contributed by atoms with Crippen molar-refractivity contribution < 1.29 is 14.3 Å². The van der Waals surface area contributed by atoms with Crippen molar-refractivity contribution in [1.29, 1.82) is 0 Å². The second-order valence-electron chi connectivity index (χ2n) is 6.80. The molecule has 0 radical (unpaired) electrons. The Balaban J connectivity index is 1.86. The van der Waals surface area contributed by atoms with Gasteiger partial charge in [0.2, 0.25) is 5.91 Å². The summed E-state index contributed by atoms with van der Waals surface area (Å²) in [5.74, 6) is -0.280. The van der Waals surface area contributed by atoms with E-state index in [0.29, 0.717) is 21.9 Å². The Kier molecular flexibility index (Phi) is 5.23. The van der Waals surface area contributed by atoms with Crippen LogP contribution in [0.15, 0.2) is 78.9 Å². The van der Waals surface area contributed by atoms with E-state index in [2.05, 4.69) is 0 Å². The van der Waals surface area contributed by atoms with Gasteiger partial charge in [0, 0.05) is 16.1 Å². The van der Waals surface area contributed by atoms with Gasteiger partial charge in [0.1, 0.15) is 18.4 Å². The molecular weight excluding hydrogens is 388 g/mol. The average molecular weight is 407 g/mol. The molecule has 0 aliphatic carbocycles. The summed E-state index contributed by atoms with van der Waals surface area (Å²) in [6.07, 6.45) is 0. The second-order valence-corrected chi connectivity index (χ2v) is 7.24. The molecule has 2 N–H and O–H groups in total. The van der Waals surface area contributed by atoms with Crippen LogP contribution in [0.5, 0.6) is 5.75 Å². The molecule has 1 aliphatic heterocycles. The first-order chi connectivity index (χ1) is 14.1. The standard InChI is InChI=1S/C23H19ClN2O3/c24-17-11-12-20-18(13-17)19(14-29-20)26(23(28)16-9-5-2-6-10-16)21(22(25)27)15-7-3-1-4-8-15/h1-13,19,21H,14H2,(H2,25,27)/t19-,21-/m1/s1. The summed E-state index contributed by atoms with van der Waals surface area (Å²) in [4.78, 5) is 27.7. The molecule has 0 bridgehead atoms. The highest BCUT2D eigenvalue weighted by Crippen LogP contribution is 2.42. The Bertz CT molecular complexity index is 1040. The molecule has 0 unspecified atom stereocenters. The van der Waals surface area contributed by atoms with Crippen LogP contribution >= 0.6 is 11.6 Å². The molecule has 29 heavy (non-hydrogen) atoms. The molecular formula is C23H19ClN2O3. The van der Waals surface area contributed by atoms with E-state index in [9.17, 15) is 9.59 Å². The summed E-state index contributed by atoms with van der Waals surface area (Å²) in [5, 5.41) is 0.529. The van der Waals surface area contributed by atoms with E-state index in [1.165, 1.54) is 4.90 Å². The Hall–Kier alpha value is -3.31. The maximum Gasteiger partial charge on any atom is 0.255 e. The molecule has 0 spiro atoms. The van der Waals surface area contributed by atoms with Gasteiger partial charge < -0.3 is 15.4 Å². The van der Waals surface area contributed by atoms with E-state index in [4.69, 9.17) is 22.1 Å². The van der Waals surface area contributed by atoms with Gasteiger partial charge in [-0.1, -0.05) is 60.1 Å². The van der Waals surface area contributed by atoms with E-state index in [1.54, 1.807) is 54.6 Å². The van der Waals surface area contributed by atoms with Crippen molar-refractivity contribution in [3.63, 3.8) is 0 Å². The van der Waals surface area contributed by atoms with Gasteiger partial charge >= 0.3 is 0 Å². The third kappa shape index (κ3) is 3.69. The predicted molar refractivity (Wildman–Crippen MR) is 111 cm³/mol. The monoisotopic (exact) mass is 406 g/mol. The first-order valence-electron chi connectivity index (χ1n) is 9.20. The zero-order valence-electron chi connectivity index (χ0n) is 15.5. The molecule has 0 saturated carbocycles. The van der Waals surface area contributed by atoms with E-state index in [1.807, 2.05) is 24.3 Å². The minimum Gasteiger partial charge on any atom is -0.491 e. The number of hydrogen-bond acceptors (Lipinski definition) is 3. The van der Waals surface area contributed by atoms with Crippen molar-refractivity contribution in [1.82, 2.24) is 4.90 Å². The molecule has 0 fully saturated rings. The van der Waals surface area contributed by atoms with Crippen LogP contribution < -0.4 is 10.5 Å². The molecule has 0 saturated heterocycles. The number of carbonyl (C=O) groups is 2. The number of benzene rings is 3. The van der Waals surface area contributed by atoms with Crippen molar-refractivity contribution >= 4 is 23.4 Å². The lowest BCUT2D eigenvalue weighted by Gasteiger charge is -2.34. The van der Waals surface area contributed by atoms with Crippen LogP contribution in [0.25, 0.3) is 0 Å². The average Bonchev–Trinajstić information content (AvgIpc) is 3.15. The van der Waals surface area contributed by atoms with E-state index in [-0.39, 0.29) is 12.5 Å². The first kappa shape index (κ1) is 19.0. The van der Waals surface area contributed by atoms with Crippen molar-refractivity contribution in [2.45, 2.75) is 12.1 Å². The van der Waals surface area contributed by atoms with Crippen LogP contribution in [0, 0.1) is 0 Å². The molecule has 5 nitrogen and oxygen atoms in total. The smallest absolute Gasteiger partial charge is 0.255 e. The maximum absolute atomic E-state index is 13.6. The molecule has 2 amide bonds. The largest absolute Gasteiger partial charge is 0.491 e. The number of carbonyl (C=O) groups excluding carboxylic acids is 2. The third-order valence-electron chi connectivity index (χ3n) is 4.98.